The number of aromatic nitrogens is 2. The molecule has 2 aliphatic heterocycles. The predicted octanol–water partition coefficient (Wildman–Crippen LogP) is 4.93. The smallest absolute Gasteiger partial charge is 0.286 e. The number of aryl methyl sites for hydroxylation is 1. The van der Waals surface area contributed by atoms with Crippen molar-refractivity contribution < 1.29 is 9.53 Å². The van der Waals surface area contributed by atoms with E-state index < -0.39 is 0 Å². The van der Waals surface area contributed by atoms with Crippen molar-refractivity contribution in [2.75, 3.05) is 13.1 Å². The van der Waals surface area contributed by atoms with Crippen LogP contribution in [0.15, 0.2) is 70.7 Å². The molecule has 0 aliphatic carbocycles. The first-order valence-corrected chi connectivity index (χ1v) is 11.9. The lowest BCUT2D eigenvalue weighted by Gasteiger charge is -2.35. The highest BCUT2D eigenvalue weighted by atomic mass is 32.2. The first kappa shape index (κ1) is 21.7. The van der Waals surface area contributed by atoms with Crippen molar-refractivity contribution >= 4 is 28.9 Å². The minimum atomic E-state index is -0.205. The van der Waals surface area contributed by atoms with E-state index in [-0.39, 0.29) is 18.1 Å². The van der Waals surface area contributed by atoms with Crippen LogP contribution in [0.25, 0.3) is 23.0 Å². The van der Waals surface area contributed by atoms with Gasteiger partial charge in [0.15, 0.2) is 5.17 Å². The second kappa shape index (κ2) is 9.00. The first-order chi connectivity index (χ1) is 16.0. The summed E-state index contributed by atoms with van der Waals surface area (Å²) in [5.41, 5.74) is 4.89. The molecule has 0 bridgehead atoms. The molecular weight excluding hydrogens is 432 g/mol. The topological polar surface area (TPSA) is 59.7 Å². The Morgan fingerprint density at radius 3 is 2.42 bits per heavy atom. The van der Waals surface area contributed by atoms with Crippen LogP contribution in [0.2, 0.25) is 0 Å². The number of thioether (sulfide) groups is 1. The van der Waals surface area contributed by atoms with Gasteiger partial charge in [-0.3, -0.25) is 4.79 Å². The number of carbonyl (C=O) groups excluding carboxylic acids is 1. The maximum Gasteiger partial charge on any atom is 0.286 e. The molecule has 1 fully saturated rings. The average Bonchev–Trinajstić information content (AvgIpc) is 3.38. The van der Waals surface area contributed by atoms with Gasteiger partial charge in [-0.1, -0.05) is 48.0 Å². The van der Waals surface area contributed by atoms with Crippen LogP contribution >= 0.6 is 11.8 Å². The average molecular weight is 459 g/mol. The van der Waals surface area contributed by atoms with Gasteiger partial charge in [-0.05, 0) is 50.7 Å². The molecule has 2 aromatic carbocycles. The molecule has 33 heavy (non-hydrogen) atoms. The number of rotatable bonds is 3. The minimum Gasteiger partial charge on any atom is -0.372 e. The van der Waals surface area contributed by atoms with E-state index >= 15 is 0 Å². The van der Waals surface area contributed by atoms with Crippen molar-refractivity contribution in [1.29, 1.82) is 0 Å². The van der Waals surface area contributed by atoms with E-state index in [1.165, 1.54) is 17.3 Å². The normalized spacial score (nSPS) is 22.2. The molecule has 5 rings (SSSR count). The Morgan fingerprint density at radius 2 is 1.73 bits per heavy atom. The lowest BCUT2D eigenvalue weighted by molar-refractivity contribution is -0.113. The molecule has 0 spiro atoms. The molecule has 0 N–H and O–H groups in total. The van der Waals surface area contributed by atoms with Gasteiger partial charge in [0.25, 0.3) is 5.91 Å². The van der Waals surface area contributed by atoms with Gasteiger partial charge in [0, 0.05) is 30.4 Å². The number of hydrogen-bond donors (Lipinski definition) is 0. The van der Waals surface area contributed by atoms with E-state index in [2.05, 4.69) is 41.1 Å². The summed E-state index contributed by atoms with van der Waals surface area (Å²) in [4.78, 5) is 19.9. The molecule has 2 aliphatic rings. The van der Waals surface area contributed by atoms with E-state index in [1.807, 2.05) is 61.1 Å². The third kappa shape index (κ3) is 4.65. The lowest BCUT2D eigenvalue weighted by atomic mass is 10.1. The van der Waals surface area contributed by atoms with Gasteiger partial charge in [0.05, 0.1) is 28.5 Å². The monoisotopic (exact) mass is 458 g/mol. The van der Waals surface area contributed by atoms with E-state index in [9.17, 15) is 4.79 Å². The number of morpholine rings is 1. The quantitative estimate of drug-likeness (QED) is 0.521. The summed E-state index contributed by atoms with van der Waals surface area (Å²) in [7, 11) is 0. The van der Waals surface area contributed by atoms with Gasteiger partial charge >= 0.3 is 0 Å². The summed E-state index contributed by atoms with van der Waals surface area (Å²) >= 11 is 1.43. The van der Waals surface area contributed by atoms with Crippen molar-refractivity contribution in [2.45, 2.75) is 33.0 Å². The number of amides is 1. The standard InChI is InChI=1S/C26H26N4O2S/c1-17-9-11-20(12-10-17)24-21(16-30(28-24)22-7-5-4-6-8-22)13-23-25(31)27-26(33-23)29-14-18(2)32-19(3)15-29/h4-13,16,18-19H,14-15H2,1-3H3/b23-13-/t18-,19+. The molecule has 6 nitrogen and oxygen atoms in total. The second-order valence-electron chi connectivity index (χ2n) is 8.55. The molecule has 1 aromatic heterocycles. The largest absolute Gasteiger partial charge is 0.372 e. The van der Waals surface area contributed by atoms with Crippen LogP contribution in [-0.4, -0.2) is 51.1 Å². The van der Waals surface area contributed by atoms with Crippen molar-refractivity contribution in [3.05, 3.63) is 76.8 Å². The van der Waals surface area contributed by atoms with Crippen LogP contribution in [0.5, 0.6) is 0 Å². The van der Waals surface area contributed by atoms with Crippen molar-refractivity contribution in [3.8, 4) is 16.9 Å². The number of ether oxygens (including phenoxy) is 1. The Labute approximate surface area is 198 Å². The van der Waals surface area contributed by atoms with Crippen LogP contribution in [-0.2, 0) is 9.53 Å². The summed E-state index contributed by atoms with van der Waals surface area (Å²) in [6.45, 7) is 7.63. The molecular formula is C26H26N4O2S. The van der Waals surface area contributed by atoms with E-state index in [4.69, 9.17) is 9.84 Å². The summed E-state index contributed by atoms with van der Waals surface area (Å²) in [5, 5.41) is 5.61. The molecule has 1 amide bonds. The summed E-state index contributed by atoms with van der Waals surface area (Å²) in [6.07, 6.45) is 4.11. The number of nitrogens with zero attached hydrogens (tertiary/aromatic N) is 4. The maximum absolute atomic E-state index is 12.8. The highest BCUT2D eigenvalue weighted by molar-refractivity contribution is 8.18. The Morgan fingerprint density at radius 1 is 1.03 bits per heavy atom. The number of hydrogen-bond acceptors (Lipinski definition) is 5. The second-order valence-corrected chi connectivity index (χ2v) is 9.56. The molecule has 2 atom stereocenters. The van der Waals surface area contributed by atoms with Gasteiger partial charge in [0.1, 0.15) is 0 Å². The minimum absolute atomic E-state index is 0.109. The van der Waals surface area contributed by atoms with Gasteiger partial charge < -0.3 is 9.64 Å². The third-order valence-electron chi connectivity index (χ3n) is 5.67. The van der Waals surface area contributed by atoms with E-state index in [0.29, 0.717) is 4.91 Å². The summed E-state index contributed by atoms with van der Waals surface area (Å²) in [6, 6.07) is 18.3. The van der Waals surface area contributed by atoms with E-state index in [0.717, 1.165) is 40.8 Å². The Hall–Kier alpha value is -3.16. The molecule has 0 saturated carbocycles. The molecule has 168 valence electrons. The predicted molar refractivity (Wildman–Crippen MR) is 133 cm³/mol. The molecule has 3 heterocycles. The number of para-hydroxylation sites is 1. The summed E-state index contributed by atoms with van der Waals surface area (Å²) in [5.74, 6) is -0.205. The third-order valence-corrected chi connectivity index (χ3v) is 6.72. The molecule has 3 aromatic rings. The molecule has 0 radical (unpaired) electrons. The lowest BCUT2D eigenvalue weighted by Crippen LogP contribution is -2.47. The number of aliphatic imine (C=N–C) groups is 1. The van der Waals surface area contributed by atoms with E-state index in [1.54, 1.807) is 0 Å². The van der Waals surface area contributed by atoms with Crippen molar-refractivity contribution in [1.82, 2.24) is 14.7 Å². The zero-order valence-electron chi connectivity index (χ0n) is 18.9. The first-order valence-electron chi connectivity index (χ1n) is 11.1. The van der Waals surface area contributed by atoms with Crippen LogP contribution < -0.4 is 0 Å². The van der Waals surface area contributed by atoms with Gasteiger partial charge in [-0.2, -0.15) is 10.1 Å². The van der Waals surface area contributed by atoms with Gasteiger partial charge in [-0.25, -0.2) is 4.68 Å². The van der Waals surface area contributed by atoms with Crippen molar-refractivity contribution in [3.63, 3.8) is 0 Å². The van der Waals surface area contributed by atoms with Gasteiger partial charge in [-0.15, -0.1) is 0 Å². The number of carbonyl (C=O) groups is 1. The maximum atomic E-state index is 12.8. The highest BCUT2D eigenvalue weighted by Crippen LogP contribution is 2.34. The summed E-state index contributed by atoms with van der Waals surface area (Å²) < 4.78 is 7.69. The Kier molecular flexibility index (Phi) is 5.91. The zero-order valence-corrected chi connectivity index (χ0v) is 19.7. The Bertz CT molecular complexity index is 1220. The van der Waals surface area contributed by atoms with Crippen LogP contribution in [0.1, 0.15) is 25.0 Å². The van der Waals surface area contributed by atoms with Crippen LogP contribution in [0, 0.1) is 6.92 Å². The van der Waals surface area contributed by atoms with Crippen LogP contribution in [0.3, 0.4) is 0 Å². The SMILES string of the molecule is Cc1ccc(-c2nn(-c3ccccc3)cc2/C=C2\SC(N3C[C@@H](C)O[C@@H](C)C3)=NC2=O)cc1. The fourth-order valence-electron chi connectivity index (χ4n) is 4.15. The number of benzene rings is 2. The number of amidine groups is 1. The van der Waals surface area contributed by atoms with Crippen molar-refractivity contribution in [2.24, 2.45) is 4.99 Å². The molecule has 7 heteroatoms. The molecule has 1 saturated heterocycles. The molecule has 0 unspecified atom stereocenters. The fraction of sp³-hybridized carbons (Fsp3) is 0.269. The Balaban J connectivity index is 1.49. The zero-order chi connectivity index (χ0) is 22.9. The fourth-order valence-corrected chi connectivity index (χ4v) is 5.07. The van der Waals surface area contributed by atoms with Gasteiger partial charge in [0.2, 0.25) is 0 Å². The highest BCUT2D eigenvalue weighted by Gasteiger charge is 2.31. The van der Waals surface area contributed by atoms with Crippen LogP contribution in [0.4, 0.5) is 0 Å².